The van der Waals surface area contributed by atoms with Gasteiger partial charge in [-0.2, -0.15) is 13.2 Å². The van der Waals surface area contributed by atoms with Gasteiger partial charge in [0.2, 0.25) is 5.91 Å². The Hall–Kier alpha value is -2.41. The van der Waals surface area contributed by atoms with E-state index in [1.54, 1.807) is 17.0 Å². The highest BCUT2D eigenvalue weighted by atomic mass is 19.4. The van der Waals surface area contributed by atoms with Crippen LogP contribution in [0.4, 0.5) is 18.9 Å². The molecule has 1 saturated heterocycles. The summed E-state index contributed by atoms with van der Waals surface area (Å²) in [5, 5.41) is 0. The molecule has 2 aliphatic rings. The third kappa shape index (κ3) is 3.00. The summed E-state index contributed by atoms with van der Waals surface area (Å²) in [5.74, 6) is -0.0563. The van der Waals surface area contributed by atoms with Gasteiger partial charge in [-0.3, -0.25) is 9.78 Å². The molecule has 2 aromatic rings. The SMILES string of the molecule is O=C1Cc2ncc(-c3cccc(C(F)(F)F)c3)cc2N1C[C@H]1CCO1. The van der Waals surface area contributed by atoms with E-state index in [1.165, 1.54) is 12.3 Å². The number of benzene rings is 1. The van der Waals surface area contributed by atoms with Gasteiger partial charge in [-0.05, 0) is 30.2 Å². The van der Waals surface area contributed by atoms with Gasteiger partial charge in [0.05, 0.1) is 36.0 Å². The summed E-state index contributed by atoms with van der Waals surface area (Å²) in [6.07, 6.45) is -1.74. The Balaban J connectivity index is 1.68. The number of hydrogen-bond acceptors (Lipinski definition) is 3. The standard InChI is InChI=1S/C18H15F3N2O2/c19-18(20,21)13-3-1-2-11(6-13)12-7-16-15(22-9-12)8-17(24)23(16)10-14-4-5-25-14/h1-3,6-7,9,14H,4-5,8,10H2/t14-/m1/s1. The molecule has 4 nitrogen and oxygen atoms in total. The van der Waals surface area contributed by atoms with Crippen LogP contribution >= 0.6 is 0 Å². The first-order chi connectivity index (χ1) is 11.9. The van der Waals surface area contributed by atoms with Crippen molar-refractivity contribution in [1.29, 1.82) is 0 Å². The molecule has 7 heteroatoms. The average molecular weight is 348 g/mol. The Bertz CT molecular complexity index is 831. The van der Waals surface area contributed by atoms with E-state index in [0.717, 1.165) is 18.6 Å². The molecule has 25 heavy (non-hydrogen) atoms. The molecule has 2 aliphatic heterocycles. The number of pyridine rings is 1. The van der Waals surface area contributed by atoms with Crippen molar-refractivity contribution in [2.24, 2.45) is 0 Å². The zero-order chi connectivity index (χ0) is 17.6. The summed E-state index contributed by atoms with van der Waals surface area (Å²) in [4.78, 5) is 18.1. The Kier molecular flexibility index (Phi) is 3.76. The van der Waals surface area contributed by atoms with Crippen LogP contribution in [0, 0.1) is 0 Å². The number of fused-ring (bicyclic) bond motifs is 1. The number of carbonyl (C=O) groups is 1. The second-order valence-electron chi connectivity index (χ2n) is 6.23. The van der Waals surface area contributed by atoms with Crippen molar-refractivity contribution < 1.29 is 22.7 Å². The summed E-state index contributed by atoms with van der Waals surface area (Å²) in [6, 6.07) is 6.85. The topological polar surface area (TPSA) is 42.4 Å². The number of aromatic nitrogens is 1. The molecule has 0 aliphatic carbocycles. The molecule has 1 amide bonds. The average Bonchev–Trinajstić information content (AvgIpc) is 2.85. The van der Waals surface area contributed by atoms with Crippen molar-refractivity contribution in [3.63, 3.8) is 0 Å². The monoisotopic (exact) mass is 348 g/mol. The van der Waals surface area contributed by atoms with Crippen molar-refractivity contribution in [1.82, 2.24) is 4.98 Å². The van der Waals surface area contributed by atoms with E-state index in [9.17, 15) is 18.0 Å². The van der Waals surface area contributed by atoms with Crippen LogP contribution in [0.25, 0.3) is 11.1 Å². The normalized spacial score (nSPS) is 19.7. The maximum Gasteiger partial charge on any atom is 0.416 e. The molecule has 1 fully saturated rings. The van der Waals surface area contributed by atoms with Gasteiger partial charge in [-0.25, -0.2) is 0 Å². The molecular formula is C18H15F3N2O2. The van der Waals surface area contributed by atoms with Crippen LogP contribution in [0.3, 0.4) is 0 Å². The highest BCUT2D eigenvalue weighted by molar-refractivity contribution is 6.01. The van der Waals surface area contributed by atoms with Gasteiger partial charge in [0, 0.05) is 18.4 Å². The Labute approximate surface area is 142 Å². The van der Waals surface area contributed by atoms with Crippen LogP contribution in [0.2, 0.25) is 0 Å². The zero-order valence-electron chi connectivity index (χ0n) is 13.2. The Morgan fingerprint density at radius 1 is 1.24 bits per heavy atom. The number of halogens is 3. The lowest BCUT2D eigenvalue weighted by molar-refractivity contribution is -0.137. The van der Waals surface area contributed by atoms with Crippen LogP contribution in [0.5, 0.6) is 0 Å². The third-order valence-electron chi connectivity index (χ3n) is 4.56. The fourth-order valence-electron chi connectivity index (χ4n) is 3.09. The van der Waals surface area contributed by atoms with Crippen LogP contribution < -0.4 is 4.90 Å². The smallest absolute Gasteiger partial charge is 0.376 e. The Morgan fingerprint density at radius 2 is 2.04 bits per heavy atom. The van der Waals surface area contributed by atoms with Gasteiger partial charge in [0.25, 0.3) is 0 Å². The lowest BCUT2D eigenvalue weighted by Crippen LogP contribution is -2.41. The minimum Gasteiger partial charge on any atom is -0.376 e. The lowest BCUT2D eigenvalue weighted by Gasteiger charge is -2.30. The number of amides is 1. The van der Waals surface area contributed by atoms with E-state index in [0.29, 0.717) is 35.7 Å². The number of ether oxygens (including phenoxy) is 1. The molecule has 0 unspecified atom stereocenters. The fourth-order valence-corrected chi connectivity index (χ4v) is 3.09. The van der Waals surface area contributed by atoms with Gasteiger partial charge < -0.3 is 9.64 Å². The van der Waals surface area contributed by atoms with E-state index >= 15 is 0 Å². The fraction of sp³-hybridized carbons (Fsp3) is 0.333. The van der Waals surface area contributed by atoms with Crippen molar-refractivity contribution in [3.05, 3.63) is 47.8 Å². The number of carbonyl (C=O) groups excluding carboxylic acids is 1. The quantitative estimate of drug-likeness (QED) is 0.853. The first-order valence-electron chi connectivity index (χ1n) is 8.00. The largest absolute Gasteiger partial charge is 0.416 e. The van der Waals surface area contributed by atoms with E-state index in [4.69, 9.17) is 4.74 Å². The second-order valence-corrected chi connectivity index (χ2v) is 6.23. The van der Waals surface area contributed by atoms with Gasteiger partial charge in [0.15, 0.2) is 0 Å². The molecular weight excluding hydrogens is 333 g/mol. The molecule has 1 atom stereocenters. The van der Waals surface area contributed by atoms with Crippen LogP contribution in [0.1, 0.15) is 17.7 Å². The summed E-state index contributed by atoms with van der Waals surface area (Å²) in [5.41, 5.74) is 1.58. The molecule has 4 rings (SSSR count). The van der Waals surface area contributed by atoms with Crippen molar-refractivity contribution in [2.45, 2.75) is 25.1 Å². The molecule has 130 valence electrons. The number of rotatable bonds is 3. The maximum absolute atomic E-state index is 12.9. The minimum atomic E-state index is -4.40. The van der Waals surface area contributed by atoms with Gasteiger partial charge >= 0.3 is 6.18 Å². The molecule has 1 aromatic carbocycles. The predicted molar refractivity (Wildman–Crippen MR) is 85.1 cm³/mol. The maximum atomic E-state index is 12.9. The van der Waals surface area contributed by atoms with E-state index < -0.39 is 11.7 Å². The molecule has 0 N–H and O–H groups in total. The van der Waals surface area contributed by atoms with E-state index in [2.05, 4.69) is 4.98 Å². The van der Waals surface area contributed by atoms with Gasteiger partial charge in [-0.15, -0.1) is 0 Å². The summed E-state index contributed by atoms with van der Waals surface area (Å²) >= 11 is 0. The van der Waals surface area contributed by atoms with E-state index in [-0.39, 0.29) is 18.4 Å². The van der Waals surface area contributed by atoms with Crippen LogP contribution in [-0.4, -0.2) is 30.1 Å². The van der Waals surface area contributed by atoms with Crippen LogP contribution in [0.15, 0.2) is 36.5 Å². The number of hydrogen-bond donors (Lipinski definition) is 0. The molecule has 0 saturated carbocycles. The van der Waals surface area contributed by atoms with Crippen LogP contribution in [-0.2, 0) is 22.1 Å². The first-order valence-corrected chi connectivity index (χ1v) is 8.00. The van der Waals surface area contributed by atoms with Crippen molar-refractivity contribution in [2.75, 3.05) is 18.1 Å². The number of anilines is 1. The summed E-state index contributed by atoms with van der Waals surface area (Å²) in [6.45, 7) is 1.15. The molecule has 0 radical (unpaired) electrons. The highest BCUT2D eigenvalue weighted by Crippen LogP contribution is 2.35. The van der Waals surface area contributed by atoms with Crippen molar-refractivity contribution >= 4 is 11.6 Å². The third-order valence-corrected chi connectivity index (χ3v) is 4.56. The number of alkyl halides is 3. The molecule has 0 spiro atoms. The minimum absolute atomic E-state index is 0.0205. The molecule has 3 heterocycles. The summed E-state index contributed by atoms with van der Waals surface area (Å²) < 4.78 is 44.2. The lowest BCUT2D eigenvalue weighted by atomic mass is 10.0. The van der Waals surface area contributed by atoms with Gasteiger partial charge in [0.1, 0.15) is 0 Å². The summed E-state index contributed by atoms with van der Waals surface area (Å²) in [7, 11) is 0. The van der Waals surface area contributed by atoms with Gasteiger partial charge in [-0.1, -0.05) is 12.1 Å². The highest BCUT2D eigenvalue weighted by Gasteiger charge is 2.33. The van der Waals surface area contributed by atoms with E-state index in [1.807, 2.05) is 0 Å². The zero-order valence-corrected chi connectivity index (χ0v) is 13.2. The second kappa shape index (κ2) is 5.84. The predicted octanol–water partition coefficient (Wildman–Crippen LogP) is 3.45. The molecule has 0 bridgehead atoms. The number of nitrogens with zero attached hydrogens (tertiary/aromatic N) is 2. The first kappa shape index (κ1) is 16.1. The van der Waals surface area contributed by atoms with Crippen molar-refractivity contribution in [3.8, 4) is 11.1 Å². The molecule has 1 aromatic heterocycles. The Morgan fingerprint density at radius 3 is 2.72 bits per heavy atom.